The minimum absolute atomic E-state index is 0.186. The number of carbonyl (C=O) groups excluding carboxylic acids is 1. The quantitative estimate of drug-likeness (QED) is 0.331. The average molecular weight is 472 g/mol. The van der Waals surface area contributed by atoms with Crippen LogP contribution < -0.4 is 15.4 Å². The number of methoxy groups -OCH3 is 1. The molecule has 0 aliphatic heterocycles. The van der Waals surface area contributed by atoms with E-state index in [0.717, 1.165) is 17.0 Å². The summed E-state index contributed by atoms with van der Waals surface area (Å²) in [6.45, 7) is 5.91. The zero-order chi connectivity index (χ0) is 25.2. The molecule has 1 amide bonds. The van der Waals surface area contributed by atoms with Crippen molar-refractivity contribution in [1.29, 1.82) is 5.26 Å². The number of hydrogen-bond acceptors (Lipinski definition) is 6. The van der Waals surface area contributed by atoms with Gasteiger partial charge in [0.15, 0.2) is 0 Å². The van der Waals surface area contributed by atoms with E-state index in [0.29, 0.717) is 41.2 Å². The largest absolute Gasteiger partial charge is 0.457 e. The molecule has 35 heavy (non-hydrogen) atoms. The molecule has 0 aliphatic carbocycles. The van der Waals surface area contributed by atoms with Crippen LogP contribution >= 0.6 is 0 Å². The number of anilines is 3. The van der Waals surface area contributed by atoms with Gasteiger partial charge in [0, 0.05) is 31.7 Å². The molecule has 2 heterocycles. The lowest BCUT2D eigenvalue weighted by molar-refractivity contribution is -0.114. The fourth-order valence-electron chi connectivity index (χ4n) is 3.54. The summed E-state index contributed by atoms with van der Waals surface area (Å²) >= 11 is 0. The molecule has 180 valence electrons. The number of hydrogen-bond donors (Lipinski definition) is 2. The van der Waals surface area contributed by atoms with Gasteiger partial charge in [0.2, 0.25) is 5.91 Å². The number of nitrogens with zero attached hydrogens (tertiary/aromatic N) is 3. The molecule has 4 aromatic rings. The van der Waals surface area contributed by atoms with Crippen LogP contribution in [0.2, 0.25) is 0 Å². The lowest BCUT2D eigenvalue weighted by atomic mass is 10.1. The maximum Gasteiger partial charge on any atom is 0.221 e. The maximum atomic E-state index is 11.7. The Kier molecular flexibility index (Phi) is 8.82. The normalized spacial score (nSPS) is 10.1. The van der Waals surface area contributed by atoms with Crippen molar-refractivity contribution in [2.45, 2.75) is 27.2 Å². The van der Waals surface area contributed by atoms with Crippen molar-refractivity contribution in [3.63, 3.8) is 0 Å². The lowest BCUT2D eigenvalue weighted by Gasteiger charge is -2.13. The van der Waals surface area contributed by atoms with Crippen molar-refractivity contribution in [2.24, 2.45) is 0 Å². The molecule has 0 saturated carbocycles. The summed E-state index contributed by atoms with van der Waals surface area (Å²) in [6.07, 6.45) is 3.78. The van der Waals surface area contributed by atoms with Crippen LogP contribution in [0.15, 0.2) is 67.0 Å². The zero-order valence-electron chi connectivity index (χ0n) is 20.3. The Morgan fingerprint density at radius 2 is 1.77 bits per heavy atom. The van der Waals surface area contributed by atoms with Crippen molar-refractivity contribution in [3.05, 3.63) is 78.1 Å². The van der Waals surface area contributed by atoms with Crippen molar-refractivity contribution < 1.29 is 14.3 Å². The van der Waals surface area contributed by atoms with Crippen molar-refractivity contribution in [2.75, 3.05) is 24.4 Å². The van der Waals surface area contributed by atoms with Crippen LogP contribution in [0, 0.1) is 11.3 Å². The van der Waals surface area contributed by atoms with Crippen LogP contribution in [-0.4, -0.2) is 29.2 Å². The number of nitrogens with one attached hydrogen (secondary N) is 2. The molecule has 0 radical (unpaired) electrons. The number of ether oxygens (including phenoxy) is 2. The van der Waals surface area contributed by atoms with Crippen molar-refractivity contribution >= 4 is 28.5 Å². The molecule has 0 fully saturated rings. The second kappa shape index (κ2) is 12.2. The van der Waals surface area contributed by atoms with Crippen LogP contribution in [0.5, 0.6) is 11.5 Å². The number of aromatic nitrogens is 2. The first kappa shape index (κ1) is 25.3. The second-order valence-electron chi connectivity index (χ2n) is 7.35. The fourth-order valence-corrected chi connectivity index (χ4v) is 3.54. The van der Waals surface area contributed by atoms with Crippen LogP contribution in [0.4, 0.5) is 17.1 Å². The van der Waals surface area contributed by atoms with E-state index in [-0.39, 0.29) is 5.91 Å². The summed E-state index contributed by atoms with van der Waals surface area (Å²) in [6, 6.07) is 19.2. The third-order valence-corrected chi connectivity index (χ3v) is 5.00. The third kappa shape index (κ3) is 6.16. The van der Waals surface area contributed by atoms with Gasteiger partial charge in [0.1, 0.15) is 17.6 Å². The van der Waals surface area contributed by atoms with E-state index in [1.807, 2.05) is 68.4 Å². The van der Waals surface area contributed by atoms with E-state index < -0.39 is 0 Å². The number of amides is 1. The lowest BCUT2D eigenvalue weighted by Crippen LogP contribution is -2.08. The van der Waals surface area contributed by atoms with Gasteiger partial charge in [-0.05, 0) is 36.4 Å². The Bertz CT molecular complexity index is 1310. The molecule has 2 aromatic heterocycles. The van der Waals surface area contributed by atoms with Gasteiger partial charge in [0.05, 0.1) is 41.5 Å². The van der Waals surface area contributed by atoms with E-state index >= 15 is 0 Å². The monoisotopic (exact) mass is 471 g/mol. The van der Waals surface area contributed by atoms with E-state index in [1.54, 1.807) is 17.8 Å². The molecule has 8 nitrogen and oxygen atoms in total. The van der Waals surface area contributed by atoms with Gasteiger partial charge in [-0.2, -0.15) is 10.4 Å². The van der Waals surface area contributed by atoms with Gasteiger partial charge in [0.25, 0.3) is 0 Å². The van der Waals surface area contributed by atoms with Gasteiger partial charge in [-0.1, -0.05) is 32.0 Å². The minimum Gasteiger partial charge on any atom is -0.457 e. The van der Waals surface area contributed by atoms with Gasteiger partial charge in [-0.15, -0.1) is 0 Å². The number of nitriles is 1. The molecule has 0 spiro atoms. The summed E-state index contributed by atoms with van der Waals surface area (Å²) < 4.78 is 12.8. The molecule has 0 aliphatic rings. The highest BCUT2D eigenvalue weighted by atomic mass is 16.5. The molecule has 0 atom stereocenters. The highest BCUT2D eigenvalue weighted by molar-refractivity contribution is 5.94. The van der Waals surface area contributed by atoms with Crippen LogP contribution in [0.1, 0.15) is 31.9 Å². The molecular formula is C27H29N5O3. The number of rotatable bonds is 8. The summed E-state index contributed by atoms with van der Waals surface area (Å²) in [5, 5.41) is 20.3. The molecule has 4 rings (SSSR count). The summed E-state index contributed by atoms with van der Waals surface area (Å²) in [4.78, 5) is 11.7. The molecule has 0 bridgehead atoms. The first-order valence-corrected chi connectivity index (χ1v) is 11.4. The summed E-state index contributed by atoms with van der Waals surface area (Å²) in [5.41, 5.74) is 3.95. The standard InChI is InChI=1S/C25H23N5O3.C2H6/c1-17(31)28-23-16-30-25(22(23)12-13-32-2)24(18(14-26)15-27-30)29-19-8-10-21(11-9-19)33-20-6-4-3-5-7-20;1-2/h3-11,15-16,29H,12-13H2,1-2H3,(H,28,31);1-2H3. The van der Waals surface area contributed by atoms with Gasteiger partial charge in [-0.25, -0.2) is 4.52 Å². The van der Waals surface area contributed by atoms with Gasteiger partial charge >= 0.3 is 0 Å². The first-order chi connectivity index (χ1) is 17.1. The van der Waals surface area contributed by atoms with Gasteiger partial charge < -0.3 is 20.1 Å². The Labute approximate surface area is 205 Å². The number of benzene rings is 2. The molecule has 2 N–H and O–H groups in total. The number of fused-ring (bicyclic) bond motifs is 1. The van der Waals surface area contributed by atoms with Crippen LogP contribution in [0.25, 0.3) is 5.52 Å². The fraction of sp³-hybridized carbons (Fsp3) is 0.222. The molecular weight excluding hydrogens is 442 g/mol. The summed E-state index contributed by atoms with van der Waals surface area (Å²) in [7, 11) is 1.62. The van der Waals surface area contributed by atoms with Crippen LogP contribution in [-0.2, 0) is 16.0 Å². The molecule has 2 aromatic carbocycles. The average Bonchev–Trinajstić information content (AvgIpc) is 3.22. The van der Waals surface area contributed by atoms with E-state index in [2.05, 4.69) is 21.8 Å². The Morgan fingerprint density at radius 3 is 2.40 bits per heavy atom. The maximum absolute atomic E-state index is 11.7. The van der Waals surface area contributed by atoms with Crippen LogP contribution in [0.3, 0.4) is 0 Å². The Balaban J connectivity index is 0.00000167. The predicted molar refractivity (Wildman–Crippen MR) is 137 cm³/mol. The second-order valence-corrected chi connectivity index (χ2v) is 7.35. The zero-order valence-corrected chi connectivity index (χ0v) is 20.3. The van der Waals surface area contributed by atoms with E-state index in [1.165, 1.54) is 13.1 Å². The van der Waals surface area contributed by atoms with Crippen molar-refractivity contribution in [1.82, 2.24) is 9.61 Å². The molecule has 0 unspecified atom stereocenters. The SMILES string of the molecule is CC.COCCc1c(NC(C)=O)cn2ncc(C#N)c(Nc3ccc(Oc4ccccc4)cc3)c12. The smallest absolute Gasteiger partial charge is 0.221 e. The minimum atomic E-state index is -0.186. The summed E-state index contributed by atoms with van der Waals surface area (Å²) in [5.74, 6) is 1.26. The Hall–Kier alpha value is -4.35. The molecule has 8 heteroatoms. The van der Waals surface area contributed by atoms with Crippen molar-refractivity contribution in [3.8, 4) is 17.6 Å². The van der Waals surface area contributed by atoms with Gasteiger partial charge in [-0.3, -0.25) is 4.79 Å². The topological polar surface area (TPSA) is 101 Å². The predicted octanol–water partition coefficient (Wildman–Crippen LogP) is 5.92. The Morgan fingerprint density at radius 1 is 1.09 bits per heavy atom. The van der Waals surface area contributed by atoms with E-state index in [4.69, 9.17) is 9.47 Å². The highest BCUT2D eigenvalue weighted by Gasteiger charge is 2.19. The highest BCUT2D eigenvalue weighted by Crippen LogP contribution is 2.34. The number of carbonyl (C=O) groups is 1. The number of para-hydroxylation sites is 1. The first-order valence-electron chi connectivity index (χ1n) is 11.4. The van der Waals surface area contributed by atoms with E-state index in [9.17, 15) is 10.1 Å². The molecule has 0 saturated heterocycles. The third-order valence-electron chi connectivity index (χ3n) is 5.00.